The predicted octanol–water partition coefficient (Wildman–Crippen LogP) is 4.07. The third kappa shape index (κ3) is 4.81. The van der Waals surface area contributed by atoms with Crippen LogP contribution in [0.5, 0.6) is 0 Å². The summed E-state index contributed by atoms with van der Waals surface area (Å²) in [4.78, 5) is 40.7. The van der Waals surface area contributed by atoms with Gasteiger partial charge in [0, 0.05) is 24.8 Å². The van der Waals surface area contributed by atoms with Crippen LogP contribution in [0.1, 0.15) is 21.5 Å². The van der Waals surface area contributed by atoms with Crippen LogP contribution in [0.3, 0.4) is 0 Å². The summed E-state index contributed by atoms with van der Waals surface area (Å²) in [5.74, 6) is -1.09. The Bertz CT molecular complexity index is 1210. The Labute approximate surface area is 197 Å². The van der Waals surface area contributed by atoms with E-state index in [1.807, 2.05) is 60.7 Å². The highest BCUT2D eigenvalue weighted by atomic mass is 35.5. The van der Waals surface area contributed by atoms with Crippen LogP contribution in [0, 0.1) is 0 Å². The van der Waals surface area contributed by atoms with Gasteiger partial charge in [0.25, 0.3) is 17.7 Å². The molecular weight excluding hydrogens is 438 g/mol. The number of benzene rings is 3. The lowest BCUT2D eigenvalue weighted by Gasteiger charge is -2.17. The van der Waals surface area contributed by atoms with Crippen molar-refractivity contribution in [2.75, 3.05) is 11.9 Å². The molecule has 6 nitrogen and oxygen atoms in total. The molecule has 1 aliphatic heterocycles. The zero-order valence-corrected chi connectivity index (χ0v) is 18.8. The second-order valence-corrected chi connectivity index (χ2v) is 8.00. The lowest BCUT2D eigenvalue weighted by molar-refractivity contribution is -0.138. The summed E-state index contributed by atoms with van der Waals surface area (Å²) in [5, 5.41) is 2.86. The van der Waals surface area contributed by atoms with Crippen LogP contribution in [-0.2, 0) is 22.7 Å². The van der Waals surface area contributed by atoms with Crippen LogP contribution < -0.4 is 10.2 Å². The summed E-state index contributed by atoms with van der Waals surface area (Å²) in [6.07, 6.45) is 0. The Hall–Kier alpha value is -3.90. The number of imide groups is 1. The largest absolute Gasteiger partial charge is 0.375 e. The topological polar surface area (TPSA) is 69.7 Å². The number of rotatable bonds is 7. The average molecular weight is 460 g/mol. The molecule has 33 heavy (non-hydrogen) atoms. The molecule has 0 fully saturated rings. The first-order chi connectivity index (χ1) is 16.0. The number of nitrogens with one attached hydrogen (secondary N) is 1. The molecule has 0 spiro atoms. The molecule has 1 N–H and O–H groups in total. The van der Waals surface area contributed by atoms with Crippen molar-refractivity contribution in [3.05, 3.63) is 112 Å². The predicted molar refractivity (Wildman–Crippen MR) is 127 cm³/mol. The Kier molecular flexibility index (Phi) is 6.56. The second-order valence-electron chi connectivity index (χ2n) is 7.62. The van der Waals surface area contributed by atoms with Crippen LogP contribution >= 0.6 is 11.6 Å². The van der Waals surface area contributed by atoms with Gasteiger partial charge in [0.05, 0.1) is 6.54 Å². The lowest BCUT2D eigenvalue weighted by Crippen LogP contribution is -2.33. The highest BCUT2D eigenvalue weighted by molar-refractivity contribution is 6.47. The summed E-state index contributed by atoms with van der Waals surface area (Å²) < 4.78 is 0. The van der Waals surface area contributed by atoms with E-state index in [1.54, 1.807) is 36.2 Å². The zero-order chi connectivity index (χ0) is 23.4. The summed E-state index contributed by atoms with van der Waals surface area (Å²) in [5.41, 5.74) is 3.11. The van der Waals surface area contributed by atoms with Gasteiger partial charge >= 0.3 is 0 Å². The van der Waals surface area contributed by atoms with Crippen LogP contribution in [0.15, 0.2) is 95.7 Å². The van der Waals surface area contributed by atoms with Gasteiger partial charge in [-0.3, -0.25) is 19.3 Å². The maximum atomic E-state index is 12.8. The fraction of sp³-hybridized carbons (Fsp3) is 0.115. The van der Waals surface area contributed by atoms with Crippen LogP contribution in [0.4, 0.5) is 5.69 Å². The van der Waals surface area contributed by atoms with Gasteiger partial charge in [0.2, 0.25) is 0 Å². The fourth-order valence-electron chi connectivity index (χ4n) is 3.53. The van der Waals surface area contributed by atoms with Crippen molar-refractivity contribution in [2.24, 2.45) is 0 Å². The van der Waals surface area contributed by atoms with Crippen molar-refractivity contribution in [3.63, 3.8) is 0 Å². The number of carbonyl (C=O) groups is 3. The number of anilines is 1. The number of hydrogen-bond donors (Lipinski definition) is 1. The van der Waals surface area contributed by atoms with E-state index in [4.69, 9.17) is 11.6 Å². The number of hydrogen-bond acceptors (Lipinski definition) is 4. The molecule has 3 aromatic carbocycles. The van der Waals surface area contributed by atoms with Gasteiger partial charge in [-0.05, 0) is 35.4 Å². The van der Waals surface area contributed by atoms with Crippen molar-refractivity contribution >= 4 is 35.0 Å². The standard InChI is InChI=1S/C26H22ClN3O3/c1-29(21-10-6-3-7-11-21)24(31)20-14-12-18(13-15-20)16-28-23-22(27)25(32)30(26(23)33)17-19-8-4-2-5-9-19/h2-15,28H,16-17H2,1H3. The van der Waals surface area contributed by atoms with Crippen molar-refractivity contribution < 1.29 is 14.4 Å². The molecule has 166 valence electrons. The van der Waals surface area contributed by atoms with Gasteiger partial charge in [-0.2, -0.15) is 0 Å². The van der Waals surface area contributed by atoms with E-state index in [9.17, 15) is 14.4 Å². The average Bonchev–Trinajstić information content (AvgIpc) is 3.06. The van der Waals surface area contributed by atoms with Crippen molar-refractivity contribution in [3.8, 4) is 0 Å². The fourth-order valence-corrected chi connectivity index (χ4v) is 3.78. The van der Waals surface area contributed by atoms with Gasteiger partial charge in [-0.15, -0.1) is 0 Å². The van der Waals surface area contributed by atoms with Gasteiger partial charge in [0.15, 0.2) is 0 Å². The van der Waals surface area contributed by atoms with E-state index in [-0.39, 0.29) is 29.7 Å². The number of para-hydroxylation sites is 1. The highest BCUT2D eigenvalue weighted by Gasteiger charge is 2.37. The molecule has 0 unspecified atom stereocenters. The Morgan fingerprint density at radius 1 is 0.848 bits per heavy atom. The summed E-state index contributed by atoms with van der Waals surface area (Å²) in [7, 11) is 1.73. The van der Waals surface area contributed by atoms with Crippen LogP contribution in [-0.4, -0.2) is 29.7 Å². The van der Waals surface area contributed by atoms with Gasteiger partial charge in [-0.25, -0.2) is 0 Å². The molecule has 7 heteroatoms. The van der Waals surface area contributed by atoms with Crippen molar-refractivity contribution in [2.45, 2.75) is 13.1 Å². The number of carbonyl (C=O) groups excluding carboxylic acids is 3. The minimum atomic E-state index is -0.516. The lowest BCUT2D eigenvalue weighted by atomic mass is 10.1. The Morgan fingerprint density at radius 2 is 1.45 bits per heavy atom. The molecule has 0 bridgehead atoms. The van der Waals surface area contributed by atoms with E-state index >= 15 is 0 Å². The van der Waals surface area contributed by atoms with E-state index in [1.165, 1.54) is 0 Å². The molecular formula is C26H22ClN3O3. The maximum Gasteiger partial charge on any atom is 0.278 e. The molecule has 0 saturated heterocycles. The monoisotopic (exact) mass is 459 g/mol. The van der Waals surface area contributed by atoms with Gasteiger partial charge in [-0.1, -0.05) is 72.3 Å². The molecule has 0 saturated carbocycles. The third-order valence-electron chi connectivity index (χ3n) is 5.41. The van der Waals surface area contributed by atoms with Gasteiger partial charge < -0.3 is 10.2 Å². The molecule has 0 aliphatic carbocycles. The number of amides is 3. The molecule has 1 heterocycles. The van der Waals surface area contributed by atoms with E-state index in [0.717, 1.165) is 21.7 Å². The van der Waals surface area contributed by atoms with Gasteiger partial charge in [0.1, 0.15) is 10.7 Å². The maximum absolute atomic E-state index is 12.8. The molecule has 0 aromatic heterocycles. The molecule has 1 aliphatic rings. The SMILES string of the molecule is CN(C(=O)c1ccc(CNC2=C(Cl)C(=O)N(Cc3ccccc3)C2=O)cc1)c1ccccc1. The van der Waals surface area contributed by atoms with E-state index < -0.39 is 11.8 Å². The molecule has 3 aromatic rings. The summed E-state index contributed by atoms with van der Waals surface area (Å²) in [6, 6.07) is 25.7. The first kappa shape index (κ1) is 22.3. The quantitative estimate of drug-likeness (QED) is 0.541. The molecule has 4 rings (SSSR count). The molecule has 0 radical (unpaired) electrons. The van der Waals surface area contributed by atoms with Crippen molar-refractivity contribution in [1.82, 2.24) is 10.2 Å². The second kappa shape index (κ2) is 9.71. The Morgan fingerprint density at radius 3 is 2.09 bits per heavy atom. The first-order valence-electron chi connectivity index (χ1n) is 10.4. The summed E-state index contributed by atoms with van der Waals surface area (Å²) in [6.45, 7) is 0.443. The van der Waals surface area contributed by atoms with E-state index in [2.05, 4.69) is 5.32 Å². The smallest absolute Gasteiger partial charge is 0.278 e. The minimum absolute atomic E-state index is 0.0848. The third-order valence-corrected chi connectivity index (χ3v) is 5.76. The zero-order valence-electron chi connectivity index (χ0n) is 18.0. The first-order valence-corrected chi connectivity index (χ1v) is 10.8. The number of halogens is 1. The minimum Gasteiger partial charge on any atom is -0.375 e. The van der Waals surface area contributed by atoms with Crippen LogP contribution in [0.25, 0.3) is 0 Å². The Balaban J connectivity index is 1.39. The highest BCUT2D eigenvalue weighted by Crippen LogP contribution is 2.24. The summed E-state index contributed by atoms with van der Waals surface area (Å²) >= 11 is 6.17. The van der Waals surface area contributed by atoms with E-state index in [0.29, 0.717) is 5.56 Å². The number of nitrogens with zero attached hydrogens (tertiary/aromatic N) is 2. The normalized spacial score (nSPS) is 13.5. The van der Waals surface area contributed by atoms with Crippen LogP contribution in [0.2, 0.25) is 0 Å². The molecule has 0 atom stereocenters. The molecule has 3 amide bonds. The van der Waals surface area contributed by atoms with Crippen molar-refractivity contribution in [1.29, 1.82) is 0 Å².